The van der Waals surface area contributed by atoms with E-state index in [0.29, 0.717) is 11.3 Å². The molecule has 0 amide bonds. The lowest BCUT2D eigenvalue weighted by Crippen LogP contribution is -2.37. The highest BCUT2D eigenvalue weighted by atomic mass is 32.2. The van der Waals surface area contributed by atoms with Gasteiger partial charge in [0.15, 0.2) is 0 Å². The topological polar surface area (TPSA) is 96.3 Å². The average Bonchev–Trinajstić information content (AvgIpc) is 3.31. The number of hydrogen-bond donors (Lipinski definition) is 0. The largest absolute Gasteiger partial charge is 0.497 e. The molecule has 3 aromatic rings. The smallest absolute Gasteiger partial charge is 0.283 e. The van der Waals surface area contributed by atoms with Crippen molar-refractivity contribution >= 4 is 25.9 Å². The molecule has 1 aliphatic rings. The summed E-state index contributed by atoms with van der Waals surface area (Å²) in [6.07, 6.45) is -0.779. The van der Waals surface area contributed by atoms with E-state index in [2.05, 4.69) is 4.40 Å². The van der Waals surface area contributed by atoms with Crippen LogP contribution in [-0.2, 0) is 20.0 Å². The van der Waals surface area contributed by atoms with Crippen molar-refractivity contribution in [3.63, 3.8) is 0 Å². The molecule has 0 N–H and O–H groups in total. The van der Waals surface area contributed by atoms with E-state index < -0.39 is 26.2 Å². The summed E-state index contributed by atoms with van der Waals surface area (Å²) >= 11 is 0. The van der Waals surface area contributed by atoms with Gasteiger partial charge in [0.2, 0.25) is 10.0 Å². The standard InChI is InChI=1S/C26H29N3O5S2/c1-19-5-13-24(14-6-19)35(30,31)27-21(3)28-17-18-29(26(28)22-9-11-23(34-4)12-10-22)36(32,33)25-15-7-20(2)8-16-25/h5-16,26H,17-18H2,1-4H3/b27-21-. The number of sulfonamides is 2. The minimum Gasteiger partial charge on any atom is -0.497 e. The SMILES string of the molecule is COc1ccc(C2N(/C(C)=N\S(=O)(=O)c3ccc(C)cc3)CCN2S(=O)(=O)c2ccc(C)cc2)cc1. The summed E-state index contributed by atoms with van der Waals surface area (Å²) in [5, 5.41) is 0. The lowest BCUT2D eigenvalue weighted by molar-refractivity contribution is 0.284. The van der Waals surface area contributed by atoms with Gasteiger partial charge >= 0.3 is 0 Å². The Morgan fingerprint density at radius 3 is 1.86 bits per heavy atom. The molecule has 0 bridgehead atoms. The van der Waals surface area contributed by atoms with Crippen molar-refractivity contribution in [1.82, 2.24) is 9.21 Å². The van der Waals surface area contributed by atoms with Crippen molar-refractivity contribution in [3.8, 4) is 5.75 Å². The molecule has 1 heterocycles. The molecular formula is C26H29N3O5S2. The van der Waals surface area contributed by atoms with Crippen LogP contribution in [0.5, 0.6) is 5.75 Å². The Kier molecular flexibility index (Phi) is 7.21. The highest BCUT2D eigenvalue weighted by Gasteiger charge is 2.42. The molecule has 0 spiro atoms. The molecular weight excluding hydrogens is 498 g/mol. The van der Waals surface area contributed by atoms with Gasteiger partial charge in [-0.15, -0.1) is 4.40 Å². The Morgan fingerprint density at radius 2 is 1.33 bits per heavy atom. The van der Waals surface area contributed by atoms with E-state index in [-0.39, 0.29) is 28.7 Å². The molecule has 10 heteroatoms. The van der Waals surface area contributed by atoms with Gasteiger partial charge in [-0.3, -0.25) is 0 Å². The number of benzene rings is 3. The van der Waals surface area contributed by atoms with Gasteiger partial charge in [0.05, 0.1) is 16.9 Å². The summed E-state index contributed by atoms with van der Waals surface area (Å²) in [5.41, 5.74) is 2.56. The van der Waals surface area contributed by atoms with Gasteiger partial charge in [-0.1, -0.05) is 47.5 Å². The van der Waals surface area contributed by atoms with E-state index >= 15 is 0 Å². The fraction of sp³-hybridized carbons (Fsp3) is 0.269. The maximum Gasteiger partial charge on any atom is 0.283 e. The summed E-state index contributed by atoms with van der Waals surface area (Å²) in [7, 11) is -6.31. The number of ether oxygens (including phenoxy) is 1. The lowest BCUT2D eigenvalue weighted by atomic mass is 10.1. The number of aryl methyl sites for hydroxylation is 2. The van der Waals surface area contributed by atoms with Crippen molar-refractivity contribution in [2.75, 3.05) is 20.2 Å². The normalized spacial score (nSPS) is 17.4. The molecule has 190 valence electrons. The third-order valence-corrected chi connectivity index (χ3v) is 9.40. The highest BCUT2D eigenvalue weighted by molar-refractivity contribution is 7.90. The van der Waals surface area contributed by atoms with Crippen LogP contribution in [0.25, 0.3) is 0 Å². The van der Waals surface area contributed by atoms with Gasteiger partial charge in [0, 0.05) is 13.1 Å². The first-order valence-corrected chi connectivity index (χ1v) is 14.3. The zero-order chi connectivity index (χ0) is 26.1. The van der Waals surface area contributed by atoms with Crippen molar-refractivity contribution in [1.29, 1.82) is 0 Å². The van der Waals surface area contributed by atoms with Crippen LogP contribution in [0, 0.1) is 13.8 Å². The van der Waals surface area contributed by atoms with Gasteiger partial charge in [-0.05, 0) is 62.7 Å². The lowest BCUT2D eigenvalue weighted by Gasteiger charge is -2.31. The van der Waals surface area contributed by atoms with Crippen LogP contribution in [-0.4, -0.2) is 52.1 Å². The van der Waals surface area contributed by atoms with Crippen LogP contribution in [0.1, 0.15) is 29.8 Å². The van der Waals surface area contributed by atoms with E-state index in [1.54, 1.807) is 79.6 Å². The van der Waals surface area contributed by atoms with Crippen molar-refractivity contribution in [3.05, 3.63) is 89.5 Å². The van der Waals surface area contributed by atoms with E-state index in [1.165, 1.54) is 16.4 Å². The number of hydrogen-bond acceptors (Lipinski definition) is 5. The van der Waals surface area contributed by atoms with Crippen LogP contribution in [0.15, 0.2) is 87.0 Å². The number of amidine groups is 1. The molecule has 8 nitrogen and oxygen atoms in total. The Labute approximate surface area is 213 Å². The zero-order valence-electron chi connectivity index (χ0n) is 20.6. The first-order chi connectivity index (χ1) is 17.0. The molecule has 1 aliphatic heterocycles. The van der Waals surface area contributed by atoms with Gasteiger partial charge in [0.25, 0.3) is 10.0 Å². The molecule has 36 heavy (non-hydrogen) atoms. The van der Waals surface area contributed by atoms with E-state index in [1.807, 2.05) is 13.8 Å². The maximum absolute atomic E-state index is 13.7. The van der Waals surface area contributed by atoms with Gasteiger partial charge < -0.3 is 9.64 Å². The van der Waals surface area contributed by atoms with Crippen molar-refractivity contribution in [2.45, 2.75) is 36.7 Å². The quantitative estimate of drug-likeness (QED) is 0.353. The number of methoxy groups -OCH3 is 1. The fourth-order valence-corrected chi connectivity index (χ4v) is 6.76. The van der Waals surface area contributed by atoms with Crippen molar-refractivity contribution in [2.24, 2.45) is 4.40 Å². The maximum atomic E-state index is 13.7. The molecule has 3 aromatic carbocycles. The summed E-state index contributed by atoms with van der Waals surface area (Å²) < 4.78 is 64.1. The Bertz CT molecular complexity index is 1470. The van der Waals surface area contributed by atoms with Crippen LogP contribution in [0.3, 0.4) is 0 Å². The molecule has 1 fully saturated rings. The number of nitrogens with zero attached hydrogens (tertiary/aromatic N) is 3. The van der Waals surface area contributed by atoms with E-state index in [4.69, 9.17) is 4.74 Å². The predicted molar refractivity (Wildman–Crippen MR) is 139 cm³/mol. The van der Waals surface area contributed by atoms with Crippen LogP contribution in [0.2, 0.25) is 0 Å². The second-order valence-electron chi connectivity index (χ2n) is 8.70. The average molecular weight is 528 g/mol. The molecule has 4 rings (SSSR count). The molecule has 0 radical (unpaired) electrons. The van der Waals surface area contributed by atoms with Gasteiger partial charge in [-0.25, -0.2) is 8.42 Å². The molecule has 1 atom stereocenters. The zero-order valence-corrected chi connectivity index (χ0v) is 22.3. The summed E-state index contributed by atoms with van der Waals surface area (Å²) in [4.78, 5) is 1.96. The van der Waals surface area contributed by atoms with Crippen LogP contribution < -0.4 is 4.74 Å². The van der Waals surface area contributed by atoms with Crippen molar-refractivity contribution < 1.29 is 21.6 Å². The first-order valence-electron chi connectivity index (χ1n) is 11.4. The molecule has 1 unspecified atom stereocenters. The number of rotatable bonds is 6. The van der Waals surface area contributed by atoms with Gasteiger partial charge in [-0.2, -0.15) is 12.7 Å². The second kappa shape index (κ2) is 10.0. The van der Waals surface area contributed by atoms with Gasteiger partial charge in [0.1, 0.15) is 17.8 Å². The fourth-order valence-electron chi connectivity index (χ4n) is 4.15. The highest BCUT2D eigenvalue weighted by Crippen LogP contribution is 2.36. The summed E-state index contributed by atoms with van der Waals surface area (Å²) in [6, 6.07) is 20.2. The molecule has 0 saturated carbocycles. The first kappa shape index (κ1) is 25.9. The predicted octanol–water partition coefficient (Wildman–Crippen LogP) is 4.12. The summed E-state index contributed by atoms with van der Waals surface area (Å²) in [6.45, 7) is 5.80. The minimum atomic E-state index is -3.98. The molecule has 0 aliphatic carbocycles. The molecule has 1 saturated heterocycles. The monoisotopic (exact) mass is 527 g/mol. The van der Waals surface area contributed by atoms with E-state index in [0.717, 1.165) is 11.1 Å². The van der Waals surface area contributed by atoms with Crippen LogP contribution in [0.4, 0.5) is 0 Å². The Balaban J connectivity index is 1.76. The second-order valence-corrected chi connectivity index (χ2v) is 12.2. The summed E-state index contributed by atoms with van der Waals surface area (Å²) in [5.74, 6) is 0.835. The van der Waals surface area contributed by atoms with Crippen LogP contribution >= 0.6 is 0 Å². The Hall–Kier alpha value is -3.21. The third-order valence-electron chi connectivity index (χ3n) is 6.16. The third kappa shape index (κ3) is 5.16. The van der Waals surface area contributed by atoms with E-state index in [9.17, 15) is 16.8 Å². The Morgan fingerprint density at radius 1 is 0.806 bits per heavy atom. The molecule has 0 aromatic heterocycles. The minimum absolute atomic E-state index is 0.0803.